The number of hydrogen-bond donors (Lipinski definition) is 1. The summed E-state index contributed by atoms with van der Waals surface area (Å²) in [5, 5.41) is 0. The van der Waals surface area contributed by atoms with Crippen molar-refractivity contribution in [2.45, 2.75) is 33.2 Å². The lowest BCUT2D eigenvalue weighted by Crippen LogP contribution is -2.14. The fraction of sp³-hybridized carbons (Fsp3) is 0.294. The van der Waals surface area contributed by atoms with Gasteiger partial charge in [-0.25, -0.2) is 4.39 Å². The highest BCUT2D eigenvalue weighted by molar-refractivity contribution is 5.34. The van der Waals surface area contributed by atoms with Crippen molar-refractivity contribution in [3.63, 3.8) is 0 Å². The van der Waals surface area contributed by atoms with Crippen molar-refractivity contribution in [1.82, 2.24) is 0 Å². The maximum atomic E-state index is 13.3. The molecule has 1 nitrogen and oxygen atoms in total. The van der Waals surface area contributed by atoms with Crippen LogP contribution in [0.1, 0.15) is 33.9 Å². The number of halogens is 1. The molecule has 1 atom stereocenters. The summed E-state index contributed by atoms with van der Waals surface area (Å²) in [7, 11) is 0. The van der Waals surface area contributed by atoms with E-state index in [1.54, 1.807) is 12.1 Å². The number of aryl methyl sites for hydroxylation is 3. The van der Waals surface area contributed by atoms with Crippen LogP contribution in [-0.2, 0) is 6.42 Å². The van der Waals surface area contributed by atoms with Crippen LogP contribution in [0.25, 0.3) is 0 Å². The zero-order chi connectivity index (χ0) is 14.0. The predicted octanol–water partition coefficient (Wildman–Crippen LogP) is 3.99. The Balaban J connectivity index is 2.22. The lowest BCUT2D eigenvalue weighted by atomic mass is 9.95. The maximum Gasteiger partial charge on any atom is 0.123 e. The largest absolute Gasteiger partial charge is 0.324 e. The van der Waals surface area contributed by atoms with E-state index in [4.69, 9.17) is 5.73 Å². The molecule has 0 aromatic heterocycles. The van der Waals surface area contributed by atoms with Gasteiger partial charge in [-0.2, -0.15) is 0 Å². The van der Waals surface area contributed by atoms with Crippen molar-refractivity contribution >= 4 is 0 Å². The first-order valence-corrected chi connectivity index (χ1v) is 6.55. The molecule has 0 amide bonds. The SMILES string of the molecule is Cc1ccc(C(N)Cc2cc(F)ccc2C)cc1C. The normalized spacial score (nSPS) is 12.5. The van der Waals surface area contributed by atoms with Gasteiger partial charge in [0.1, 0.15) is 5.82 Å². The third-order valence-corrected chi connectivity index (χ3v) is 3.71. The highest BCUT2D eigenvalue weighted by Crippen LogP contribution is 2.21. The minimum Gasteiger partial charge on any atom is -0.324 e. The summed E-state index contributed by atoms with van der Waals surface area (Å²) in [6.45, 7) is 6.15. The lowest BCUT2D eigenvalue weighted by molar-refractivity contribution is 0.621. The Bertz CT molecular complexity index is 590. The molecular formula is C17H20FN. The minimum absolute atomic E-state index is 0.0974. The average molecular weight is 257 g/mol. The number of nitrogens with two attached hydrogens (primary N) is 1. The quantitative estimate of drug-likeness (QED) is 0.884. The fourth-order valence-electron chi connectivity index (χ4n) is 2.21. The Morgan fingerprint density at radius 3 is 2.32 bits per heavy atom. The van der Waals surface area contributed by atoms with Gasteiger partial charge in [-0.3, -0.25) is 0 Å². The number of benzene rings is 2. The molecule has 2 N–H and O–H groups in total. The summed E-state index contributed by atoms with van der Waals surface area (Å²) >= 11 is 0. The first kappa shape index (κ1) is 13.8. The second kappa shape index (κ2) is 5.54. The van der Waals surface area contributed by atoms with Crippen LogP contribution in [0, 0.1) is 26.6 Å². The summed E-state index contributed by atoms with van der Waals surface area (Å²) in [5.41, 5.74) is 11.9. The lowest BCUT2D eigenvalue weighted by Gasteiger charge is -2.15. The summed E-state index contributed by atoms with van der Waals surface area (Å²) in [6.07, 6.45) is 0.659. The van der Waals surface area contributed by atoms with Crippen LogP contribution in [0.5, 0.6) is 0 Å². The molecule has 1 unspecified atom stereocenters. The zero-order valence-corrected chi connectivity index (χ0v) is 11.7. The van der Waals surface area contributed by atoms with E-state index in [0.717, 1.165) is 16.7 Å². The molecule has 0 fully saturated rings. The van der Waals surface area contributed by atoms with E-state index in [1.807, 2.05) is 6.92 Å². The molecule has 0 saturated carbocycles. The van der Waals surface area contributed by atoms with Gasteiger partial charge in [0, 0.05) is 6.04 Å². The highest BCUT2D eigenvalue weighted by atomic mass is 19.1. The zero-order valence-electron chi connectivity index (χ0n) is 11.7. The summed E-state index contributed by atoms with van der Waals surface area (Å²) in [6, 6.07) is 11.0. The molecule has 0 spiro atoms. The predicted molar refractivity (Wildman–Crippen MR) is 77.7 cm³/mol. The van der Waals surface area contributed by atoms with Crippen LogP contribution < -0.4 is 5.73 Å². The first-order valence-electron chi connectivity index (χ1n) is 6.55. The van der Waals surface area contributed by atoms with Crippen molar-refractivity contribution < 1.29 is 4.39 Å². The fourth-order valence-corrected chi connectivity index (χ4v) is 2.21. The molecule has 2 rings (SSSR count). The van der Waals surface area contributed by atoms with Crippen molar-refractivity contribution in [3.8, 4) is 0 Å². The molecule has 2 aromatic carbocycles. The second-order valence-electron chi connectivity index (χ2n) is 5.23. The van der Waals surface area contributed by atoms with Crippen LogP contribution in [0.3, 0.4) is 0 Å². The molecule has 2 heteroatoms. The number of hydrogen-bond acceptors (Lipinski definition) is 1. The van der Waals surface area contributed by atoms with Crippen LogP contribution in [0.15, 0.2) is 36.4 Å². The van der Waals surface area contributed by atoms with Crippen LogP contribution in [-0.4, -0.2) is 0 Å². The van der Waals surface area contributed by atoms with Crippen molar-refractivity contribution in [3.05, 3.63) is 70.0 Å². The van der Waals surface area contributed by atoms with Crippen LogP contribution in [0.2, 0.25) is 0 Å². The van der Waals surface area contributed by atoms with Crippen molar-refractivity contribution in [2.75, 3.05) is 0 Å². The van der Waals surface area contributed by atoms with Gasteiger partial charge < -0.3 is 5.73 Å². The minimum atomic E-state index is -0.201. The van der Waals surface area contributed by atoms with Crippen molar-refractivity contribution in [2.24, 2.45) is 5.73 Å². The Morgan fingerprint density at radius 1 is 0.947 bits per heavy atom. The van der Waals surface area contributed by atoms with Crippen LogP contribution >= 0.6 is 0 Å². The van der Waals surface area contributed by atoms with Gasteiger partial charge in [0.25, 0.3) is 0 Å². The molecule has 0 aliphatic carbocycles. The van der Waals surface area contributed by atoms with Crippen LogP contribution in [0.4, 0.5) is 4.39 Å². The van der Waals surface area contributed by atoms with E-state index in [1.165, 1.54) is 17.2 Å². The van der Waals surface area contributed by atoms with Gasteiger partial charge in [0.15, 0.2) is 0 Å². The van der Waals surface area contributed by atoms with E-state index in [2.05, 4.69) is 32.0 Å². The first-order chi connectivity index (χ1) is 8.97. The van der Waals surface area contributed by atoms with E-state index in [9.17, 15) is 4.39 Å². The molecule has 0 aliphatic rings. The maximum absolute atomic E-state index is 13.3. The molecular weight excluding hydrogens is 237 g/mol. The second-order valence-corrected chi connectivity index (χ2v) is 5.23. The topological polar surface area (TPSA) is 26.0 Å². The third-order valence-electron chi connectivity index (χ3n) is 3.71. The van der Waals surface area contributed by atoms with Gasteiger partial charge in [0.2, 0.25) is 0 Å². The smallest absolute Gasteiger partial charge is 0.123 e. The molecule has 100 valence electrons. The Morgan fingerprint density at radius 2 is 1.63 bits per heavy atom. The van der Waals surface area contributed by atoms with E-state index >= 15 is 0 Å². The molecule has 0 heterocycles. The van der Waals surface area contributed by atoms with E-state index in [0.29, 0.717) is 6.42 Å². The standard InChI is InChI=1S/C17H20FN/c1-11-4-6-14(8-13(11)3)17(19)10-15-9-16(18)7-5-12(15)2/h4-9,17H,10,19H2,1-3H3. The molecule has 0 saturated heterocycles. The Kier molecular flexibility index (Phi) is 4.01. The highest BCUT2D eigenvalue weighted by Gasteiger charge is 2.10. The van der Waals surface area contributed by atoms with Gasteiger partial charge in [-0.1, -0.05) is 24.3 Å². The molecule has 2 aromatic rings. The molecule has 0 radical (unpaired) electrons. The van der Waals surface area contributed by atoms with Crippen molar-refractivity contribution in [1.29, 1.82) is 0 Å². The van der Waals surface area contributed by atoms with Gasteiger partial charge in [-0.15, -0.1) is 0 Å². The number of rotatable bonds is 3. The molecule has 0 bridgehead atoms. The van der Waals surface area contributed by atoms with E-state index in [-0.39, 0.29) is 11.9 Å². The van der Waals surface area contributed by atoms with Gasteiger partial charge in [-0.05, 0) is 67.1 Å². The molecule has 19 heavy (non-hydrogen) atoms. The summed E-state index contributed by atoms with van der Waals surface area (Å²) < 4.78 is 13.3. The molecule has 0 aliphatic heterocycles. The average Bonchev–Trinajstić information content (AvgIpc) is 2.37. The Labute approximate surface area is 114 Å². The van der Waals surface area contributed by atoms with Gasteiger partial charge >= 0.3 is 0 Å². The van der Waals surface area contributed by atoms with E-state index < -0.39 is 0 Å². The monoisotopic (exact) mass is 257 g/mol. The summed E-state index contributed by atoms with van der Waals surface area (Å²) in [4.78, 5) is 0. The Hall–Kier alpha value is -1.67. The summed E-state index contributed by atoms with van der Waals surface area (Å²) in [5.74, 6) is -0.201. The third kappa shape index (κ3) is 3.21. The van der Waals surface area contributed by atoms with Gasteiger partial charge in [0.05, 0.1) is 0 Å².